The van der Waals surface area contributed by atoms with Gasteiger partial charge >= 0.3 is 11.9 Å². The maximum absolute atomic E-state index is 13.0. The number of rotatable bonds is 5. The summed E-state index contributed by atoms with van der Waals surface area (Å²) in [6, 6.07) is 10.8. The summed E-state index contributed by atoms with van der Waals surface area (Å²) in [6.07, 6.45) is -4.55. The first-order valence-corrected chi connectivity index (χ1v) is 9.37. The van der Waals surface area contributed by atoms with Crippen molar-refractivity contribution in [3.05, 3.63) is 91.8 Å². The van der Waals surface area contributed by atoms with Gasteiger partial charge in [-0.3, -0.25) is 14.2 Å². The number of nitrogens with one attached hydrogen (secondary N) is 1. The van der Waals surface area contributed by atoms with Crippen molar-refractivity contribution in [1.82, 2.24) is 19.7 Å². The highest BCUT2D eigenvalue weighted by atomic mass is 19.4. The van der Waals surface area contributed by atoms with E-state index >= 15 is 0 Å². The van der Waals surface area contributed by atoms with Crippen molar-refractivity contribution < 1.29 is 18.0 Å². The first-order valence-electron chi connectivity index (χ1n) is 9.37. The molecule has 0 unspecified atom stereocenters. The Hall–Kier alpha value is -3.69. The highest BCUT2D eigenvalue weighted by Gasteiger charge is 2.30. The number of alkyl halides is 3. The zero-order valence-corrected chi connectivity index (χ0v) is 16.7. The van der Waals surface area contributed by atoms with Crippen molar-refractivity contribution in [3.8, 4) is 5.69 Å². The molecule has 0 saturated carbocycles. The monoisotopic (exact) mass is 432 g/mol. The van der Waals surface area contributed by atoms with E-state index in [0.29, 0.717) is 5.56 Å². The molecule has 7 nitrogen and oxygen atoms in total. The van der Waals surface area contributed by atoms with Gasteiger partial charge in [-0.2, -0.15) is 23.0 Å². The Kier molecular flexibility index (Phi) is 6.09. The number of nitrogens with zero attached hydrogens (tertiary/aromatic N) is 3. The van der Waals surface area contributed by atoms with Crippen LogP contribution < -0.4 is 16.6 Å². The first kappa shape index (κ1) is 22.0. The highest BCUT2D eigenvalue weighted by molar-refractivity contribution is 5.91. The van der Waals surface area contributed by atoms with Crippen molar-refractivity contribution in [2.45, 2.75) is 26.6 Å². The van der Waals surface area contributed by atoms with Crippen LogP contribution in [0.15, 0.2) is 58.1 Å². The zero-order valence-electron chi connectivity index (χ0n) is 16.7. The Morgan fingerprint density at radius 3 is 2.19 bits per heavy atom. The number of halogens is 3. The molecule has 0 spiro atoms. The predicted octanol–water partition coefficient (Wildman–Crippen LogP) is 2.52. The molecule has 162 valence electrons. The fourth-order valence-corrected chi connectivity index (χ4v) is 2.88. The van der Waals surface area contributed by atoms with Crippen LogP contribution in [0.5, 0.6) is 0 Å². The van der Waals surface area contributed by atoms with Crippen LogP contribution in [0.3, 0.4) is 0 Å². The van der Waals surface area contributed by atoms with Gasteiger partial charge in [0.2, 0.25) is 5.69 Å². The topological polar surface area (TPSA) is 86.0 Å². The largest absolute Gasteiger partial charge is 0.416 e. The minimum absolute atomic E-state index is 0.0128. The van der Waals surface area contributed by atoms with Gasteiger partial charge in [0.05, 0.1) is 17.8 Å². The number of hydrogen-bond donors (Lipinski definition) is 1. The molecule has 3 rings (SSSR count). The van der Waals surface area contributed by atoms with Crippen LogP contribution in [-0.2, 0) is 12.7 Å². The molecular formula is C21H19F3N4O3. The molecule has 1 amide bonds. The van der Waals surface area contributed by atoms with Crippen LogP contribution in [0.4, 0.5) is 13.2 Å². The third-order valence-electron chi connectivity index (χ3n) is 4.51. The maximum atomic E-state index is 13.0. The third kappa shape index (κ3) is 4.73. The Balaban J connectivity index is 2.17. The average molecular weight is 432 g/mol. The van der Waals surface area contributed by atoms with Gasteiger partial charge in [-0.25, -0.2) is 4.79 Å². The second kappa shape index (κ2) is 8.58. The standard InChI is InChI=1S/C21H19F3N4O3/c1-3-25-18(29)17-19(30)27(12-14-6-4-13(2)5-7-14)20(31)28(26-17)16-10-8-15(9-11-16)21(22,23)24/h4-11H,3,12H2,1-2H3,(H,25,29). The van der Waals surface area contributed by atoms with E-state index in [0.717, 1.165) is 39.1 Å². The van der Waals surface area contributed by atoms with Gasteiger partial charge in [-0.1, -0.05) is 29.8 Å². The maximum Gasteiger partial charge on any atom is 0.416 e. The van der Waals surface area contributed by atoms with E-state index in [1.54, 1.807) is 31.2 Å². The summed E-state index contributed by atoms with van der Waals surface area (Å²) >= 11 is 0. The van der Waals surface area contributed by atoms with Gasteiger partial charge in [0, 0.05) is 6.54 Å². The molecule has 0 aliphatic carbocycles. The van der Waals surface area contributed by atoms with Gasteiger partial charge < -0.3 is 5.32 Å². The predicted molar refractivity (Wildman–Crippen MR) is 107 cm³/mol. The fourth-order valence-electron chi connectivity index (χ4n) is 2.88. The average Bonchev–Trinajstić information content (AvgIpc) is 2.72. The second-order valence-electron chi connectivity index (χ2n) is 6.82. The van der Waals surface area contributed by atoms with Crippen molar-refractivity contribution >= 4 is 5.91 Å². The lowest BCUT2D eigenvalue weighted by molar-refractivity contribution is -0.137. The van der Waals surface area contributed by atoms with E-state index in [1.165, 1.54) is 0 Å². The van der Waals surface area contributed by atoms with Crippen molar-refractivity contribution in [1.29, 1.82) is 0 Å². The van der Waals surface area contributed by atoms with Gasteiger partial charge in [0.1, 0.15) is 0 Å². The Labute approximate surface area is 174 Å². The summed E-state index contributed by atoms with van der Waals surface area (Å²) in [6.45, 7) is 3.62. The number of hydrogen-bond acceptors (Lipinski definition) is 4. The lowest BCUT2D eigenvalue weighted by Crippen LogP contribution is -2.46. The van der Waals surface area contributed by atoms with Gasteiger partial charge in [-0.05, 0) is 43.7 Å². The fraction of sp³-hybridized carbons (Fsp3) is 0.238. The summed E-state index contributed by atoms with van der Waals surface area (Å²) in [4.78, 5) is 38.2. The van der Waals surface area contributed by atoms with E-state index < -0.39 is 34.6 Å². The van der Waals surface area contributed by atoms with Crippen LogP contribution in [0.1, 0.15) is 34.1 Å². The minimum atomic E-state index is -4.55. The van der Waals surface area contributed by atoms with Crippen LogP contribution in [-0.4, -0.2) is 26.8 Å². The molecule has 1 aromatic heterocycles. The third-order valence-corrected chi connectivity index (χ3v) is 4.51. The highest BCUT2D eigenvalue weighted by Crippen LogP contribution is 2.29. The number of amides is 1. The normalized spacial score (nSPS) is 11.4. The molecule has 0 bridgehead atoms. The van der Waals surface area contributed by atoms with E-state index in [4.69, 9.17) is 0 Å². The number of benzene rings is 2. The Morgan fingerprint density at radius 2 is 1.65 bits per heavy atom. The summed E-state index contributed by atoms with van der Waals surface area (Å²) in [5.41, 5.74) is -1.60. The van der Waals surface area contributed by atoms with Crippen LogP contribution in [0.25, 0.3) is 5.69 Å². The number of carbonyl (C=O) groups excluding carboxylic acids is 1. The molecule has 0 aliphatic heterocycles. The molecule has 1 N–H and O–H groups in total. The number of aromatic nitrogens is 3. The lowest BCUT2D eigenvalue weighted by atomic mass is 10.1. The molecule has 3 aromatic rings. The van der Waals surface area contributed by atoms with Crippen molar-refractivity contribution in [2.75, 3.05) is 6.54 Å². The van der Waals surface area contributed by atoms with E-state index in [9.17, 15) is 27.6 Å². The van der Waals surface area contributed by atoms with Gasteiger partial charge in [-0.15, -0.1) is 0 Å². The molecule has 10 heteroatoms. The van der Waals surface area contributed by atoms with Crippen LogP contribution in [0.2, 0.25) is 0 Å². The summed E-state index contributed by atoms with van der Waals surface area (Å²) in [7, 11) is 0. The summed E-state index contributed by atoms with van der Waals surface area (Å²) < 4.78 is 40.2. The summed E-state index contributed by atoms with van der Waals surface area (Å²) in [5, 5.41) is 6.30. The minimum Gasteiger partial charge on any atom is -0.351 e. The summed E-state index contributed by atoms with van der Waals surface area (Å²) in [5.74, 6) is -0.786. The van der Waals surface area contributed by atoms with E-state index in [2.05, 4.69) is 10.4 Å². The molecule has 0 atom stereocenters. The second-order valence-corrected chi connectivity index (χ2v) is 6.82. The molecule has 2 aromatic carbocycles. The zero-order chi connectivity index (χ0) is 22.8. The number of aryl methyl sites for hydroxylation is 1. The Bertz CT molecular complexity index is 1210. The van der Waals surface area contributed by atoms with Crippen LogP contribution in [0, 0.1) is 6.92 Å². The van der Waals surface area contributed by atoms with Gasteiger partial charge in [0.15, 0.2) is 0 Å². The van der Waals surface area contributed by atoms with E-state index in [-0.39, 0.29) is 18.8 Å². The molecule has 0 radical (unpaired) electrons. The van der Waals surface area contributed by atoms with Crippen molar-refractivity contribution in [2.24, 2.45) is 0 Å². The molecular weight excluding hydrogens is 413 g/mol. The van der Waals surface area contributed by atoms with E-state index in [1.807, 2.05) is 6.92 Å². The molecule has 0 saturated heterocycles. The first-order chi connectivity index (χ1) is 14.6. The SMILES string of the molecule is CCNC(=O)c1nn(-c2ccc(C(F)(F)F)cc2)c(=O)n(Cc2ccc(C)cc2)c1=O. The van der Waals surface area contributed by atoms with Crippen molar-refractivity contribution in [3.63, 3.8) is 0 Å². The number of carbonyl (C=O) groups is 1. The Morgan fingerprint density at radius 1 is 1.03 bits per heavy atom. The molecule has 1 heterocycles. The molecule has 31 heavy (non-hydrogen) atoms. The lowest BCUT2D eigenvalue weighted by Gasteiger charge is -2.13. The molecule has 0 fully saturated rings. The molecule has 0 aliphatic rings. The quantitative estimate of drug-likeness (QED) is 0.672. The van der Waals surface area contributed by atoms with Crippen LogP contribution >= 0.6 is 0 Å². The van der Waals surface area contributed by atoms with Gasteiger partial charge in [0.25, 0.3) is 11.5 Å². The smallest absolute Gasteiger partial charge is 0.351 e.